The van der Waals surface area contributed by atoms with Crippen molar-refractivity contribution in [1.29, 1.82) is 0 Å². The normalized spacial score (nSPS) is 46.2. The monoisotopic (exact) mass is 265 g/mol. The Hall–Kier alpha value is -0.660. The van der Waals surface area contributed by atoms with Crippen molar-refractivity contribution >= 4 is 0 Å². The molecule has 2 saturated heterocycles. The third-order valence-electron chi connectivity index (χ3n) is 5.30. The molecule has 0 amide bonds. The molecule has 3 heterocycles. The molecule has 5 unspecified atom stereocenters. The van der Waals surface area contributed by atoms with Crippen LogP contribution in [0.3, 0.4) is 0 Å². The van der Waals surface area contributed by atoms with Crippen LogP contribution in [0.25, 0.3) is 0 Å². The fraction of sp³-hybridized carbons (Fsp3) is 0.846. The van der Waals surface area contributed by atoms with Gasteiger partial charge in [-0.15, -0.1) is 10.7 Å². The highest BCUT2D eigenvalue weighted by molar-refractivity contribution is 5.02. The number of hydrogen-bond acceptors (Lipinski definition) is 5. The lowest BCUT2D eigenvalue weighted by molar-refractivity contribution is -0.995. The van der Waals surface area contributed by atoms with E-state index in [0.717, 1.165) is 19.4 Å². The third-order valence-corrected chi connectivity index (χ3v) is 5.30. The fourth-order valence-corrected chi connectivity index (χ4v) is 4.49. The van der Waals surface area contributed by atoms with Gasteiger partial charge in [0.25, 0.3) is 0 Å². The maximum Gasteiger partial charge on any atom is 0.111 e. The number of rotatable bonds is 1. The molecule has 0 aromatic carbocycles. The Morgan fingerprint density at radius 2 is 2.21 bits per heavy atom. The molecular weight excluding hydrogens is 242 g/mol. The quantitative estimate of drug-likeness (QED) is 0.642. The van der Waals surface area contributed by atoms with Crippen molar-refractivity contribution in [2.45, 2.75) is 57.2 Å². The van der Waals surface area contributed by atoms with Crippen molar-refractivity contribution in [2.24, 2.45) is 5.92 Å². The summed E-state index contributed by atoms with van der Waals surface area (Å²) < 4.78 is 0. The SMILES string of the molecule is CCC1C2C3CCCCC3[NH+]([O-])N2NN2CC=CN12. The lowest BCUT2D eigenvalue weighted by Gasteiger charge is -2.48. The molecule has 4 rings (SSSR count). The van der Waals surface area contributed by atoms with E-state index in [-0.39, 0.29) is 6.04 Å². The first-order chi connectivity index (χ1) is 9.31. The molecule has 4 aliphatic rings. The van der Waals surface area contributed by atoms with Gasteiger partial charge in [0.2, 0.25) is 0 Å². The van der Waals surface area contributed by atoms with Crippen LogP contribution < -0.4 is 10.7 Å². The Labute approximate surface area is 114 Å². The number of hydrazine groups is 3. The molecule has 6 nitrogen and oxygen atoms in total. The smallest absolute Gasteiger partial charge is 0.111 e. The molecule has 106 valence electrons. The predicted octanol–water partition coefficient (Wildman–Crippen LogP) is -0.215. The molecule has 0 aromatic heterocycles. The van der Waals surface area contributed by atoms with Crippen molar-refractivity contribution in [2.75, 3.05) is 6.54 Å². The van der Waals surface area contributed by atoms with Crippen LogP contribution in [-0.2, 0) is 0 Å². The van der Waals surface area contributed by atoms with Gasteiger partial charge in [-0.3, -0.25) is 10.2 Å². The first-order valence-electron chi connectivity index (χ1n) is 7.63. The van der Waals surface area contributed by atoms with Crippen molar-refractivity contribution in [3.05, 3.63) is 17.5 Å². The van der Waals surface area contributed by atoms with E-state index in [1.807, 2.05) is 5.12 Å². The molecule has 3 aliphatic heterocycles. The van der Waals surface area contributed by atoms with Crippen molar-refractivity contribution < 1.29 is 5.17 Å². The molecule has 19 heavy (non-hydrogen) atoms. The molecule has 0 bridgehead atoms. The number of hydrogen-bond donors (Lipinski definition) is 2. The number of nitrogens with zero attached hydrogens (tertiary/aromatic N) is 3. The molecule has 3 fully saturated rings. The molecule has 5 atom stereocenters. The van der Waals surface area contributed by atoms with Crippen molar-refractivity contribution in [1.82, 2.24) is 20.8 Å². The Balaban J connectivity index is 1.68. The zero-order chi connectivity index (χ0) is 13.0. The summed E-state index contributed by atoms with van der Waals surface area (Å²) in [6.45, 7) is 3.08. The van der Waals surface area contributed by atoms with Crippen molar-refractivity contribution in [3.8, 4) is 0 Å². The zero-order valence-corrected chi connectivity index (χ0v) is 11.5. The van der Waals surface area contributed by atoms with Gasteiger partial charge in [-0.25, -0.2) is 0 Å². The summed E-state index contributed by atoms with van der Waals surface area (Å²) >= 11 is 0. The summed E-state index contributed by atoms with van der Waals surface area (Å²) in [6, 6.07) is 1.05. The third kappa shape index (κ3) is 1.61. The van der Waals surface area contributed by atoms with Gasteiger partial charge in [-0.05, 0) is 25.3 Å². The lowest BCUT2D eigenvalue weighted by Crippen LogP contribution is -3.18. The van der Waals surface area contributed by atoms with Crippen LogP contribution in [0, 0.1) is 11.1 Å². The van der Waals surface area contributed by atoms with E-state index in [4.69, 9.17) is 0 Å². The molecule has 1 saturated carbocycles. The summed E-state index contributed by atoms with van der Waals surface area (Å²) in [6.07, 6.45) is 10.2. The van der Waals surface area contributed by atoms with Gasteiger partial charge in [0.1, 0.15) is 12.1 Å². The molecule has 0 radical (unpaired) electrons. The highest BCUT2D eigenvalue weighted by atomic mass is 16.6. The second-order valence-corrected chi connectivity index (χ2v) is 6.18. The Bertz CT molecular complexity index is 389. The van der Waals surface area contributed by atoms with E-state index in [9.17, 15) is 5.21 Å². The van der Waals surface area contributed by atoms with Crippen LogP contribution in [-0.4, -0.2) is 39.9 Å². The average Bonchev–Trinajstić information content (AvgIpc) is 3.02. The predicted molar refractivity (Wildman–Crippen MR) is 70.6 cm³/mol. The van der Waals surface area contributed by atoms with Crippen molar-refractivity contribution in [3.63, 3.8) is 0 Å². The molecule has 1 aliphatic carbocycles. The van der Waals surface area contributed by atoms with Crippen LogP contribution in [0.4, 0.5) is 0 Å². The maximum atomic E-state index is 12.6. The van der Waals surface area contributed by atoms with Crippen LogP contribution >= 0.6 is 0 Å². The number of quaternary nitrogens is 1. The van der Waals surface area contributed by atoms with E-state index in [2.05, 4.69) is 34.9 Å². The van der Waals surface area contributed by atoms with Gasteiger partial charge >= 0.3 is 0 Å². The van der Waals surface area contributed by atoms with Gasteiger partial charge in [0.05, 0.1) is 12.6 Å². The van der Waals surface area contributed by atoms with Gasteiger partial charge in [0.15, 0.2) is 0 Å². The summed E-state index contributed by atoms with van der Waals surface area (Å²) in [5, 5.41) is 19.3. The van der Waals surface area contributed by atoms with Gasteiger partial charge in [0, 0.05) is 18.5 Å². The minimum absolute atomic E-state index is 0.269. The van der Waals surface area contributed by atoms with Gasteiger partial charge in [-0.2, -0.15) is 0 Å². The first-order valence-corrected chi connectivity index (χ1v) is 7.63. The van der Waals surface area contributed by atoms with E-state index in [1.54, 1.807) is 0 Å². The van der Waals surface area contributed by atoms with E-state index in [1.165, 1.54) is 19.3 Å². The minimum atomic E-state index is 0.269. The average molecular weight is 265 g/mol. The van der Waals surface area contributed by atoms with Gasteiger partial charge in [-0.1, -0.05) is 18.5 Å². The number of nitrogens with one attached hydrogen (secondary N) is 2. The topological polar surface area (TPSA) is 49.3 Å². The van der Waals surface area contributed by atoms with E-state index >= 15 is 0 Å². The largest absolute Gasteiger partial charge is 0.612 e. The highest BCUT2D eigenvalue weighted by Crippen LogP contribution is 2.37. The second-order valence-electron chi connectivity index (χ2n) is 6.18. The Kier molecular flexibility index (Phi) is 2.82. The summed E-state index contributed by atoms with van der Waals surface area (Å²) in [5.41, 5.74) is 3.33. The van der Waals surface area contributed by atoms with Gasteiger partial charge < -0.3 is 5.21 Å². The Morgan fingerprint density at radius 1 is 1.37 bits per heavy atom. The summed E-state index contributed by atoms with van der Waals surface area (Å²) in [5.74, 6) is 0.551. The van der Waals surface area contributed by atoms with Crippen LogP contribution in [0.15, 0.2) is 12.3 Å². The zero-order valence-electron chi connectivity index (χ0n) is 11.5. The fourth-order valence-electron chi connectivity index (χ4n) is 4.49. The second kappa shape index (κ2) is 4.43. The molecule has 0 spiro atoms. The highest BCUT2D eigenvalue weighted by Gasteiger charge is 2.56. The van der Waals surface area contributed by atoms with Crippen LogP contribution in [0.1, 0.15) is 39.0 Å². The minimum Gasteiger partial charge on any atom is -0.612 e. The molecule has 6 heteroatoms. The maximum absolute atomic E-state index is 12.6. The van der Waals surface area contributed by atoms with E-state index in [0.29, 0.717) is 23.2 Å². The number of fused-ring (bicyclic) bond motifs is 4. The lowest BCUT2D eigenvalue weighted by atomic mass is 9.78. The summed E-state index contributed by atoms with van der Waals surface area (Å²) in [4.78, 5) is 0. The molecular formula is C13H23N5O. The molecule has 0 aromatic rings. The van der Waals surface area contributed by atoms with E-state index < -0.39 is 0 Å². The molecule has 2 N–H and O–H groups in total. The Morgan fingerprint density at radius 3 is 3.05 bits per heavy atom. The standard InChI is InChI=1S/C13H23N5O/c1-2-11-13-10-6-3-4-7-12(10)18(19)17(13)14-16-9-5-8-15(11)16/h5,8,10-14,18H,2-4,6-7,9H2,1H3. The summed E-state index contributed by atoms with van der Waals surface area (Å²) in [7, 11) is 0. The number of hydroxylamine groups is 1. The van der Waals surface area contributed by atoms with Crippen LogP contribution in [0.2, 0.25) is 0 Å². The first kappa shape index (κ1) is 12.1. The van der Waals surface area contributed by atoms with Crippen LogP contribution in [0.5, 0.6) is 0 Å².